The summed E-state index contributed by atoms with van der Waals surface area (Å²) in [7, 11) is 1.30. The molecule has 0 spiro atoms. The molecule has 27 heavy (non-hydrogen) atoms. The van der Waals surface area contributed by atoms with Gasteiger partial charge in [0.1, 0.15) is 5.65 Å². The number of hydrogen-bond acceptors (Lipinski definition) is 5. The van der Waals surface area contributed by atoms with E-state index in [-0.39, 0.29) is 17.9 Å². The number of carbonyl (C=O) groups is 1. The molecule has 0 unspecified atom stereocenters. The molecule has 0 fully saturated rings. The number of aromatic hydroxyl groups is 1. The third-order valence-electron chi connectivity index (χ3n) is 4.70. The van der Waals surface area contributed by atoms with Gasteiger partial charge in [-0.25, -0.2) is 0 Å². The number of rotatable bonds is 5. The fourth-order valence-electron chi connectivity index (χ4n) is 3.15. The van der Waals surface area contributed by atoms with Crippen LogP contribution in [0.1, 0.15) is 48.8 Å². The minimum absolute atomic E-state index is 0.0685. The van der Waals surface area contributed by atoms with Crippen LogP contribution in [0.2, 0.25) is 0 Å². The van der Waals surface area contributed by atoms with Crippen molar-refractivity contribution in [2.45, 2.75) is 32.1 Å². The summed E-state index contributed by atoms with van der Waals surface area (Å²) in [6.07, 6.45) is 1.52. The van der Waals surface area contributed by atoms with E-state index in [9.17, 15) is 14.7 Å². The highest BCUT2D eigenvalue weighted by atomic mass is 16.5. The number of esters is 1. The quantitative estimate of drug-likeness (QED) is 0.701. The molecular weight excluding hydrogens is 344 g/mol. The summed E-state index contributed by atoms with van der Waals surface area (Å²) < 4.78 is 6.17. The van der Waals surface area contributed by atoms with Crippen LogP contribution in [0.3, 0.4) is 0 Å². The van der Waals surface area contributed by atoms with Crippen molar-refractivity contribution in [3.63, 3.8) is 0 Å². The zero-order chi connectivity index (χ0) is 19.6. The molecule has 0 bridgehead atoms. The molecule has 6 heteroatoms. The lowest BCUT2D eigenvalue weighted by Gasteiger charge is -2.18. The highest BCUT2D eigenvalue weighted by Gasteiger charge is 2.26. The van der Waals surface area contributed by atoms with Crippen LogP contribution in [0.5, 0.6) is 5.88 Å². The van der Waals surface area contributed by atoms with Gasteiger partial charge in [-0.15, -0.1) is 0 Å². The number of carbonyl (C=O) groups excluding carboxylic acids is 1. The molecule has 2 aromatic heterocycles. The van der Waals surface area contributed by atoms with E-state index in [1.807, 2.05) is 24.3 Å². The average molecular weight is 366 g/mol. The number of ether oxygens (including phenoxy) is 1. The lowest BCUT2D eigenvalue weighted by atomic mass is 9.88. The SMILES string of the molecule is COC(=O)C[C@@H](c1ccc(C(C)C)cc1)c1c(O)nc2ccccn2c1=O. The number of benzene rings is 1. The molecular formula is C21H22N2O4. The van der Waals surface area contributed by atoms with E-state index in [0.29, 0.717) is 11.6 Å². The molecule has 3 rings (SSSR count). The molecule has 0 amide bonds. The van der Waals surface area contributed by atoms with E-state index >= 15 is 0 Å². The van der Waals surface area contributed by atoms with Gasteiger partial charge in [0.25, 0.3) is 5.56 Å². The minimum Gasteiger partial charge on any atom is -0.493 e. The Labute approximate surface area is 157 Å². The maximum Gasteiger partial charge on any atom is 0.306 e. The Morgan fingerprint density at radius 1 is 1.15 bits per heavy atom. The van der Waals surface area contributed by atoms with Crippen molar-refractivity contribution < 1.29 is 14.6 Å². The Bertz CT molecular complexity index is 1020. The summed E-state index contributed by atoms with van der Waals surface area (Å²) in [5, 5.41) is 10.5. The van der Waals surface area contributed by atoms with Gasteiger partial charge in [0.15, 0.2) is 0 Å². The van der Waals surface area contributed by atoms with Crippen molar-refractivity contribution >= 4 is 11.6 Å². The molecule has 140 valence electrons. The average Bonchev–Trinajstić information content (AvgIpc) is 2.67. The summed E-state index contributed by atoms with van der Waals surface area (Å²) in [4.78, 5) is 29.1. The first-order valence-corrected chi connectivity index (χ1v) is 8.79. The van der Waals surface area contributed by atoms with Gasteiger partial charge in [-0.05, 0) is 29.2 Å². The maximum atomic E-state index is 13.0. The maximum absolute atomic E-state index is 13.0. The second-order valence-corrected chi connectivity index (χ2v) is 6.74. The summed E-state index contributed by atoms with van der Waals surface area (Å²) in [5.74, 6) is -1.13. The first-order valence-electron chi connectivity index (χ1n) is 8.79. The van der Waals surface area contributed by atoms with Crippen LogP contribution in [0.15, 0.2) is 53.5 Å². The predicted octanol–water partition coefficient (Wildman–Crippen LogP) is 3.22. The van der Waals surface area contributed by atoms with Gasteiger partial charge in [0.2, 0.25) is 5.88 Å². The van der Waals surface area contributed by atoms with Crippen molar-refractivity contribution in [2.24, 2.45) is 0 Å². The van der Waals surface area contributed by atoms with E-state index in [0.717, 1.165) is 11.1 Å². The normalized spacial score (nSPS) is 12.3. The molecule has 0 aliphatic carbocycles. The standard InChI is InChI=1S/C21H22N2O4/c1-13(2)14-7-9-15(10-8-14)16(12-18(24)27-3)19-20(25)22-17-6-4-5-11-23(17)21(19)26/h4-11,13,16,25H,12H2,1-3H3/t16-/m0/s1. The van der Waals surface area contributed by atoms with Crippen molar-refractivity contribution in [1.29, 1.82) is 0 Å². The first-order chi connectivity index (χ1) is 12.9. The molecule has 1 N–H and O–H groups in total. The molecule has 1 aromatic carbocycles. The highest BCUT2D eigenvalue weighted by molar-refractivity contribution is 5.71. The number of pyridine rings is 1. The lowest BCUT2D eigenvalue weighted by molar-refractivity contribution is -0.140. The van der Waals surface area contributed by atoms with E-state index < -0.39 is 17.4 Å². The Morgan fingerprint density at radius 2 is 1.81 bits per heavy atom. The summed E-state index contributed by atoms with van der Waals surface area (Å²) in [5.41, 5.74) is 1.92. The second-order valence-electron chi connectivity index (χ2n) is 6.74. The van der Waals surface area contributed by atoms with Gasteiger partial charge in [-0.2, -0.15) is 4.98 Å². The smallest absolute Gasteiger partial charge is 0.306 e. The number of fused-ring (bicyclic) bond motifs is 1. The number of hydrogen-bond donors (Lipinski definition) is 1. The fraction of sp³-hybridized carbons (Fsp3) is 0.286. The largest absolute Gasteiger partial charge is 0.493 e. The zero-order valence-electron chi connectivity index (χ0n) is 15.5. The Hall–Kier alpha value is -3.15. The van der Waals surface area contributed by atoms with Crippen LogP contribution in [-0.2, 0) is 9.53 Å². The van der Waals surface area contributed by atoms with Crippen molar-refractivity contribution in [3.8, 4) is 5.88 Å². The van der Waals surface area contributed by atoms with Gasteiger partial charge in [-0.1, -0.05) is 44.2 Å². The van der Waals surface area contributed by atoms with Gasteiger partial charge in [0, 0.05) is 12.1 Å². The first kappa shape index (κ1) is 18.6. The Kier molecular flexibility index (Phi) is 5.26. The molecule has 6 nitrogen and oxygen atoms in total. The van der Waals surface area contributed by atoms with Crippen molar-refractivity contribution in [3.05, 3.63) is 75.7 Å². The fourth-order valence-corrected chi connectivity index (χ4v) is 3.15. The van der Waals surface area contributed by atoms with Gasteiger partial charge in [0.05, 0.1) is 19.1 Å². The topological polar surface area (TPSA) is 80.9 Å². The van der Waals surface area contributed by atoms with E-state index in [1.165, 1.54) is 11.5 Å². The van der Waals surface area contributed by atoms with Crippen LogP contribution in [0.4, 0.5) is 0 Å². The summed E-state index contributed by atoms with van der Waals surface area (Å²) in [6, 6.07) is 12.8. The van der Waals surface area contributed by atoms with Crippen LogP contribution in [0.25, 0.3) is 5.65 Å². The van der Waals surface area contributed by atoms with Crippen molar-refractivity contribution in [1.82, 2.24) is 9.38 Å². The van der Waals surface area contributed by atoms with Crippen LogP contribution >= 0.6 is 0 Å². The minimum atomic E-state index is -0.657. The molecule has 0 radical (unpaired) electrons. The third-order valence-corrected chi connectivity index (χ3v) is 4.70. The Balaban J connectivity index is 2.18. The second kappa shape index (κ2) is 7.61. The monoisotopic (exact) mass is 366 g/mol. The van der Waals surface area contributed by atoms with Crippen LogP contribution in [0, 0.1) is 0 Å². The molecule has 0 saturated carbocycles. The predicted molar refractivity (Wildman–Crippen MR) is 102 cm³/mol. The van der Waals surface area contributed by atoms with E-state index in [4.69, 9.17) is 4.74 Å². The van der Waals surface area contributed by atoms with Gasteiger partial charge >= 0.3 is 5.97 Å². The van der Waals surface area contributed by atoms with E-state index in [1.54, 1.807) is 24.4 Å². The third kappa shape index (κ3) is 3.69. The zero-order valence-corrected chi connectivity index (χ0v) is 15.5. The molecule has 0 aliphatic heterocycles. The van der Waals surface area contributed by atoms with Crippen molar-refractivity contribution in [2.75, 3.05) is 7.11 Å². The Morgan fingerprint density at radius 3 is 2.44 bits per heavy atom. The number of methoxy groups -OCH3 is 1. The molecule has 3 aromatic rings. The molecule has 0 aliphatic rings. The van der Waals surface area contributed by atoms with Gasteiger partial charge < -0.3 is 9.84 Å². The summed E-state index contributed by atoms with van der Waals surface area (Å²) in [6.45, 7) is 4.18. The molecule has 2 heterocycles. The molecule has 0 saturated heterocycles. The van der Waals surface area contributed by atoms with Crippen LogP contribution in [-0.4, -0.2) is 27.6 Å². The number of aromatic nitrogens is 2. The van der Waals surface area contributed by atoms with Gasteiger partial charge in [-0.3, -0.25) is 14.0 Å². The number of nitrogens with zero attached hydrogens (tertiary/aromatic N) is 2. The highest BCUT2D eigenvalue weighted by Crippen LogP contribution is 2.32. The van der Waals surface area contributed by atoms with Crippen LogP contribution < -0.4 is 5.56 Å². The summed E-state index contributed by atoms with van der Waals surface area (Å²) >= 11 is 0. The van der Waals surface area contributed by atoms with E-state index in [2.05, 4.69) is 18.8 Å². The molecule has 1 atom stereocenters. The lowest BCUT2D eigenvalue weighted by Crippen LogP contribution is -2.24.